The normalized spacial score (nSPS) is 30.7. The molecule has 1 aliphatic carbocycles. The van der Waals surface area contributed by atoms with Gasteiger partial charge in [-0.1, -0.05) is 0 Å². The Bertz CT molecular complexity index is 154. The number of aliphatic hydroxyl groups is 1. The fraction of sp³-hybridized carbons (Fsp3) is 1.00. The van der Waals surface area contributed by atoms with Crippen LogP contribution in [0, 0.1) is 11.8 Å². The molecule has 1 heterocycles. The van der Waals surface area contributed by atoms with E-state index in [0.717, 1.165) is 18.3 Å². The van der Waals surface area contributed by atoms with Crippen LogP contribution in [-0.4, -0.2) is 36.2 Å². The van der Waals surface area contributed by atoms with E-state index < -0.39 is 0 Å². The summed E-state index contributed by atoms with van der Waals surface area (Å²) in [6.45, 7) is 4.26. The fourth-order valence-corrected chi connectivity index (χ4v) is 2.40. The van der Waals surface area contributed by atoms with E-state index in [1.807, 2.05) is 0 Å². The van der Waals surface area contributed by atoms with Crippen molar-refractivity contribution in [1.29, 1.82) is 0 Å². The minimum Gasteiger partial charge on any atom is -0.396 e. The number of piperidine rings is 1. The van der Waals surface area contributed by atoms with Crippen molar-refractivity contribution >= 4 is 0 Å². The average Bonchev–Trinajstić information content (AvgIpc) is 2.90. The Morgan fingerprint density at radius 1 is 1.15 bits per heavy atom. The number of aliphatic hydroxyl groups excluding tert-OH is 1. The minimum absolute atomic E-state index is 0.377. The van der Waals surface area contributed by atoms with Crippen LogP contribution in [0.2, 0.25) is 0 Å². The van der Waals surface area contributed by atoms with Crippen molar-refractivity contribution in [3.63, 3.8) is 0 Å². The van der Waals surface area contributed by atoms with Crippen LogP contribution >= 0.6 is 0 Å². The Morgan fingerprint density at radius 2 is 2.00 bits per heavy atom. The summed E-state index contributed by atoms with van der Waals surface area (Å²) in [4.78, 5) is 2.61. The number of likely N-dealkylation sites (tertiary alicyclic amines) is 1. The van der Waals surface area contributed by atoms with Crippen molar-refractivity contribution in [2.45, 2.75) is 32.1 Å². The smallest absolute Gasteiger partial charge is 0.0434 e. The van der Waals surface area contributed by atoms with Crippen LogP contribution in [0.25, 0.3) is 0 Å². The lowest BCUT2D eigenvalue weighted by Gasteiger charge is -2.32. The highest BCUT2D eigenvalue weighted by Gasteiger charge is 2.27. The Morgan fingerprint density at radius 3 is 2.69 bits per heavy atom. The molecule has 1 atom stereocenters. The van der Waals surface area contributed by atoms with Gasteiger partial charge in [-0.3, -0.25) is 0 Å². The molecule has 2 rings (SSSR count). The third-order valence-electron chi connectivity index (χ3n) is 3.35. The lowest BCUT2D eigenvalue weighted by atomic mass is 9.95. The number of nitrogens with zero attached hydrogens (tertiary/aromatic N) is 1. The molecule has 0 radical (unpaired) electrons. The monoisotopic (exact) mass is 183 g/mol. The van der Waals surface area contributed by atoms with Crippen LogP contribution in [0.4, 0.5) is 0 Å². The first-order chi connectivity index (χ1) is 6.38. The third-order valence-corrected chi connectivity index (χ3v) is 3.35. The Hall–Kier alpha value is -0.0800. The second kappa shape index (κ2) is 4.43. The lowest BCUT2D eigenvalue weighted by molar-refractivity contribution is 0.143. The summed E-state index contributed by atoms with van der Waals surface area (Å²) in [5.41, 5.74) is 0. The largest absolute Gasteiger partial charge is 0.396 e. The van der Waals surface area contributed by atoms with Gasteiger partial charge in [-0.15, -0.1) is 0 Å². The van der Waals surface area contributed by atoms with E-state index in [2.05, 4.69) is 4.90 Å². The van der Waals surface area contributed by atoms with E-state index in [-0.39, 0.29) is 0 Å². The highest BCUT2D eigenvalue weighted by molar-refractivity contribution is 4.80. The molecule has 0 aromatic carbocycles. The van der Waals surface area contributed by atoms with Gasteiger partial charge in [-0.25, -0.2) is 0 Å². The molecule has 0 amide bonds. The summed E-state index contributed by atoms with van der Waals surface area (Å²) >= 11 is 0. The molecule has 0 aromatic heterocycles. The van der Waals surface area contributed by atoms with Crippen molar-refractivity contribution < 1.29 is 5.11 Å². The van der Waals surface area contributed by atoms with Crippen molar-refractivity contribution in [1.82, 2.24) is 4.90 Å². The molecule has 2 heteroatoms. The van der Waals surface area contributed by atoms with Crippen LogP contribution in [0.1, 0.15) is 32.1 Å². The quantitative estimate of drug-likeness (QED) is 0.714. The second-order valence-corrected chi connectivity index (χ2v) is 4.72. The van der Waals surface area contributed by atoms with Crippen molar-refractivity contribution in [2.75, 3.05) is 26.2 Å². The van der Waals surface area contributed by atoms with Gasteiger partial charge < -0.3 is 10.0 Å². The molecule has 0 bridgehead atoms. The van der Waals surface area contributed by atoms with Gasteiger partial charge in [-0.05, 0) is 50.5 Å². The van der Waals surface area contributed by atoms with Gasteiger partial charge in [0, 0.05) is 19.7 Å². The summed E-state index contributed by atoms with van der Waals surface area (Å²) in [5, 5.41) is 8.88. The van der Waals surface area contributed by atoms with Crippen LogP contribution in [0.15, 0.2) is 0 Å². The molecule has 1 aliphatic heterocycles. The van der Waals surface area contributed by atoms with Crippen LogP contribution in [-0.2, 0) is 0 Å². The average molecular weight is 183 g/mol. The first kappa shape index (κ1) is 9.47. The van der Waals surface area contributed by atoms with E-state index in [4.69, 9.17) is 5.11 Å². The summed E-state index contributed by atoms with van der Waals surface area (Å²) in [6.07, 6.45) is 6.61. The SMILES string of the molecule is OCCC1CCCN(CC2CC2)C1. The van der Waals surface area contributed by atoms with Gasteiger partial charge in [0.15, 0.2) is 0 Å². The van der Waals surface area contributed by atoms with Crippen LogP contribution in [0.3, 0.4) is 0 Å². The Balaban J connectivity index is 1.70. The van der Waals surface area contributed by atoms with E-state index >= 15 is 0 Å². The van der Waals surface area contributed by atoms with E-state index in [1.54, 1.807) is 0 Å². The molecule has 1 unspecified atom stereocenters. The summed E-state index contributed by atoms with van der Waals surface area (Å²) in [7, 11) is 0. The van der Waals surface area contributed by atoms with Crippen molar-refractivity contribution in [3.8, 4) is 0 Å². The first-order valence-electron chi connectivity index (χ1n) is 5.71. The summed E-state index contributed by atoms with van der Waals surface area (Å²) < 4.78 is 0. The van der Waals surface area contributed by atoms with Gasteiger partial charge in [0.05, 0.1) is 0 Å². The zero-order valence-corrected chi connectivity index (χ0v) is 8.41. The fourth-order valence-electron chi connectivity index (χ4n) is 2.40. The molecule has 13 heavy (non-hydrogen) atoms. The van der Waals surface area contributed by atoms with E-state index in [0.29, 0.717) is 6.61 Å². The maximum atomic E-state index is 8.88. The molecule has 1 saturated carbocycles. The third kappa shape index (κ3) is 2.96. The van der Waals surface area contributed by atoms with Crippen LogP contribution in [0.5, 0.6) is 0 Å². The molecule has 0 spiro atoms. The first-order valence-corrected chi connectivity index (χ1v) is 5.71. The van der Waals surface area contributed by atoms with Crippen molar-refractivity contribution in [2.24, 2.45) is 11.8 Å². The molecular weight excluding hydrogens is 162 g/mol. The molecule has 2 fully saturated rings. The summed E-state index contributed by atoms with van der Waals surface area (Å²) in [6, 6.07) is 0. The zero-order valence-electron chi connectivity index (χ0n) is 8.41. The molecule has 0 aromatic rings. The van der Waals surface area contributed by atoms with Crippen molar-refractivity contribution in [3.05, 3.63) is 0 Å². The number of rotatable bonds is 4. The highest BCUT2D eigenvalue weighted by atomic mass is 16.3. The minimum atomic E-state index is 0.377. The lowest BCUT2D eigenvalue weighted by Crippen LogP contribution is -2.37. The van der Waals surface area contributed by atoms with Gasteiger partial charge in [0.1, 0.15) is 0 Å². The Labute approximate surface area is 80.9 Å². The van der Waals surface area contributed by atoms with Gasteiger partial charge in [0.2, 0.25) is 0 Å². The second-order valence-electron chi connectivity index (χ2n) is 4.72. The number of hydrogen-bond donors (Lipinski definition) is 1. The van der Waals surface area contributed by atoms with Gasteiger partial charge in [0.25, 0.3) is 0 Å². The van der Waals surface area contributed by atoms with Crippen LogP contribution < -0.4 is 0 Å². The maximum Gasteiger partial charge on any atom is 0.0434 e. The summed E-state index contributed by atoms with van der Waals surface area (Å²) in [5.74, 6) is 1.80. The molecule has 1 saturated heterocycles. The predicted octanol–water partition coefficient (Wildman–Crippen LogP) is 1.49. The van der Waals surface area contributed by atoms with E-state index in [1.165, 1.54) is 45.3 Å². The molecular formula is C11H21NO. The van der Waals surface area contributed by atoms with Gasteiger partial charge in [-0.2, -0.15) is 0 Å². The topological polar surface area (TPSA) is 23.5 Å². The zero-order chi connectivity index (χ0) is 9.10. The molecule has 76 valence electrons. The van der Waals surface area contributed by atoms with Gasteiger partial charge >= 0.3 is 0 Å². The standard InChI is InChI=1S/C11H21NO/c13-7-5-10-2-1-6-12(8-10)9-11-3-4-11/h10-11,13H,1-9H2. The highest BCUT2D eigenvalue weighted by Crippen LogP contribution is 2.31. The van der Waals surface area contributed by atoms with E-state index in [9.17, 15) is 0 Å². The maximum absolute atomic E-state index is 8.88. The Kier molecular flexibility index (Phi) is 3.23. The number of hydrogen-bond acceptors (Lipinski definition) is 2. The molecule has 2 aliphatic rings. The molecule has 2 nitrogen and oxygen atoms in total. The predicted molar refractivity (Wildman–Crippen MR) is 53.6 cm³/mol. The molecule has 1 N–H and O–H groups in total.